The Balaban J connectivity index is 0.000000856. The molecule has 0 aliphatic carbocycles. The van der Waals surface area contributed by atoms with Crippen molar-refractivity contribution in [1.82, 2.24) is 4.98 Å². The number of pyridine rings is 1. The van der Waals surface area contributed by atoms with Gasteiger partial charge in [-0.1, -0.05) is 39.8 Å². The molecule has 0 aliphatic heterocycles. The molecule has 13 heteroatoms. The molecule has 2 aromatic rings. The number of halogens is 3. The molecule has 0 bridgehead atoms. The molecule has 2 rings (SSSR count). The van der Waals surface area contributed by atoms with E-state index in [9.17, 15) is 31.5 Å². The van der Waals surface area contributed by atoms with Crippen molar-refractivity contribution in [2.45, 2.75) is 58.0 Å². The first-order valence-corrected chi connectivity index (χ1v) is 13.0. The van der Waals surface area contributed by atoms with E-state index in [-0.39, 0.29) is 16.1 Å². The van der Waals surface area contributed by atoms with Gasteiger partial charge in [0.05, 0.1) is 16.8 Å². The molecule has 0 spiro atoms. The number of nitrogens with zero attached hydrogens (tertiary/aromatic N) is 2. The van der Waals surface area contributed by atoms with E-state index in [0.717, 1.165) is 24.8 Å². The van der Waals surface area contributed by atoms with E-state index in [1.807, 2.05) is 18.7 Å². The molecule has 206 valence electrons. The Hall–Kier alpha value is -3.35. The van der Waals surface area contributed by atoms with Crippen LogP contribution in [0.25, 0.3) is 0 Å². The van der Waals surface area contributed by atoms with E-state index in [1.54, 1.807) is 24.3 Å². The van der Waals surface area contributed by atoms with E-state index in [1.165, 1.54) is 12.3 Å². The van der Waals surface area contributed by atoms with E-state index in [0.29, 0.717) is 24.8 Å². The second-order valence-electron chi connectivity index (χ2n) is 8.54. The Bertz CT molecular complexity index is 1150. The fourth-order valence-corrected chi connectivity index (χ4v) is 4.31. The van der Waals surface area contributed by atoms with Crippen molar-refractivity contribution in [2.75, 3.05) is 22.7 Å². The third-order valence-corrected chi connectivity index (χ3v) is 6.15. The zero-order valence-corrected chi connectivity index (χ0v) is 21.9. The summed E-state index contributed by atoms with van der Waals surface area (Å²) in [5, 5.41) is 16.8. The summed E-state index contributed by atoms with van der Waals surface area (Å²) < 4.78 is 59.7. The number of benzene rings is 1. The van der Waals surface area contributed by atoms with Gasteiger partial charge in [-0.05, 0) is 48.9 Å². The molecule has 0 amide bonds. The molecule has 37 heavy (non-hydrogen) atoms. The smallest absolute Gasteiger partial charge is 0.478 e. The van der Waals surface area contributed by atoms with Crippen LogP contribution in [0.1, 0.15) is 56.5 Å². The maximum atomic E-state index is 12.7. The summed E-state index contributed by atoms with van der Waals surface area (Å²) in [7, 11) is -3.85. The van der Waals surface area contributed by atoms with E-state index in [2.05, 4.69) is 23.6 Å². The molecule has 1 aromatic heterocycles. The number of sulfonamides is 1. The average molecular weight is 548 g/mol. The molecule has 0 saturated heterocycles. The molecule has 0 saturated carbocycles. The number of nitrogens with one attached hydrogen (secondary N) is 1. The molecular weight excluding hydrogens is 515 g/mol. The monoisotopic (exact) mass is 547 g/mol. The first kappa shape index (κ1) is 31.7. The number of aromatic carboxylic acids is 1. The molecule has 0 atom stereocenters. The van der Waals surface area contributed by atoms with E-state index < -0.39 is 28.1 Å². The van der Waals surface area contributed by atoms with Crippen LogP contribution in [0.2, 0.25) is 0 Å². The first-order valence-electron chi connectivity index (χ1n) is 11.5. The van der Waals surface area contributed by atoms with Gasteiger partial charge in [0.1, 0.15) is 11.4 Å². The van der Waals surface area contributed by atoms with Crippen LogP contribution in [0.3, 0.4) is 0 Å². The van der Waals surface area contributed by atoms with Gasteiger partial charge in [-0.2, -0.15) is 13.2 Å². The number of carboxylic acids is 2. The quantitative estimate of drug-likeness (QED) is 0.356. The third kappa shape index (κ3) is 10.3. The number of carboxylic acid groups (broad SMARTS) is 2. The highest BCUT2D eigenvalue weighted by Gasteiger charge is 2.38. The predicted octanol–water partition coefficient (Wildman–Crippen LogP) is 5.04. The zero-order valence-electron chi connectivity index (χ0n) is 21.0. The van der Waals surface area contributed by atoms with Crippen molar-refractivity contribution in [2.24, 2.45) is 5.92 Å². The van der Waals surface area contributed by atoms with Crippen LogP contribution >= 0.6 is 0 Å². The van der Waals surface area contributed by atoms with E-state index >= 15 is 0 Å². The fourth-order valence-electron chi connectivity index (χ4n) is 3.28. The predicted molar refractivity (Wildman–Crippen MR) is 133 cm³/mol. The molecule has 0 aliphatic rings. The van der Waals surface area contributed by atoms with E-state index in [4.69, 9.17) is 9.90 Å². The summed E-state index contributed by atoms with van der Waals surface area (Å²) >= 11 is 0. The molecule has 0 unspecified atom stereocenters. The average Bonchev–Trinajstić information content (AvgIpc) is 2.78. The molecule has 0 radical (unpaired) electrons. The SMILES string of the molecule is CCCN(CCC)c1ncc(NS(=O)(=O)c2ccc(CC(C)C)cc2)cc1C(=O)O.O=C(O)C(F)(F)F. The van der Waals surface area contributed by atoms with Gasteiger partial charge in [0.25, 0.3) is 10.0 Å². The summed E-state index contributed by atoms with van der Waals surface area (Å²) in [6, 6.07) is 8.04. The summed E-state index contributed by atoms with van der Waals surface area (Å²) in [5.74, 6) is -3.07. The number of rotatable bonds is 11. The van der Waals surface area contributed by atoms with Crippen LogP contribution in [0, 0.1) is 5.92 Å². The summed E-state index contributed by atoms with van der Waals surface area (Å²) in [4.78, 5) is 27.0. The maximum absolute atomic E-state index is 12.7. The van der Waals surface area contributed by atoms with Gasteiger partial charge in [-0.3, -0.25) is 4.72 Å². The van der Waals surface area contributed by atoms with Crippen molar-refractivity contribution in [3.8, 4) is 0 Å². The molecule has 1 aromatic carbocycles. The standard InChI is InChI=1S/C22H31N3O4S.C2HF3O2/c1-5-11-25(12-6-2)21-20(22(26)27)14-18(15-23-21)24-30(28,29)19-9-7-17(8-10-19)13-16(3)4;3-2(4,5)1(6)7/h7-10,14-16,24H,5-6,11-13H2,1-4H3,(H,26,27);(H,6,7). The lowest BCUT2D eigenvalue weighted by Crippen LogP contribution is -2.28. The van der Waals surface area contributed by atoms with Crippen molar-refractivity contribution in [1.29, 1.82) is 0 Å². The highest BCUT2D eigenvalue weighted by atomic mass is 32.2. The van der Waals surface area contributed by atoms with Crippen molar-refractivity contribution in [3.05, 3.63) is 47.7 Å². The van der Waals surface area contributed by atoms with Crippen molar-refractivity contribution in [3.63, 3.8) is 0 Å². The van der Waals surface area contributed by atoms with Crippen LogP contribution in [-0.4, -0.2) is 54.8 Å². The molecule has 0 fully saturated rings. The molecule has 9 nitrogen and oxygen atoms in total. The minimum Gasteiger partial charge on any atom is -0.478 e. The number of hydrogen-bond acceptors (Lipinski definition) is 6. The first-order chi connectivity index (χ1) is 17.1. The van der Waals surface area contributed by atoms with Crippen LogP contribution in [0.15, 0.2) is 41.4 Å². The lowest BCUT2D eigenvalue weighted by molar-refractivity contribution is -0.192. The van der Waals surface area contributed by atoms with Crippen LogP contribution in [0.4, 0.5) is 24.7 Å². The Kier molecular flexibility index (Phi) is 11.8. The number of carbonyl (C=O) groups is 2. The Morgan fingerprint density at radius 1 is 1.05 bits per heavy atom. The highest BCUT2D eigenvalue weighted by molar-refractivity contribution is 7.92. The van der Waals surface area contributed by atoms with Crippen LogP contribution in [0.5, 0.6) is 0 Å². The van der Waals surface area contributed by atoms with Gasteiger partial charge in [0, 0.05) is 13.1 Å². The number of alkyl halides is 3. The van der Waals surface area contributed by atoms with Gasteiger partial charge in [0.15, 0.2) is 0 Å². The number of aliphatic carboxylic acids is 1. The Labute approximate surface area is 214 Å². The fraction of sp³-hybridized carbons (Fsp3) is 0.458. The van der Waals surface area contributed by atoms with Gasteiger partial charge in [0.2, 0.25) is 0 Å². The second kappa shape index (κ2) is 13.8. The number of hydrogen-bond donors (Lipinski definition) is 3. The lowest BCUT2D eigenvalue weighted by Gasteiger charge is -2.24. The molecular formula is C24H32F3N3O6S. The summed E-state index contributed by atoms with van der Waals surface area (Å²) in [5.41, 5.74) is 1.16. The second-order valence-corrected chi connectivity index (χ2v) is 10.2. The summed E-state index contributed by atoms with van der Waals surface area (Å²) in [6.07, 6.45) is -1.15. The van der Waals surface area contributed by atoms with Gasteiger partial charge < -0.3 is 15.1 Å². The largest absolute Gasteiger partial charge is 0.490 e. The Morgan fingerprint density at radius 3 is 1.97 bits per heavy atom. The van der Waals surface area contributed by atoms with Gasteiger partial charge >= 0.3 is 18.1 Å². The van der Waals surface area contributed by atoms with Crippen molar-refractivity contribution < 1.29 is 41.4 Å². The van der Waals surface area contributed by atoms with Crippen LogP contribution in [-0.2, 0) is 21.2 Å². The summed E-state index contributed by atoms with van der Waals surface area (Å²) in [6.45, 7) is 9.58. The number of aromatic nitrogens is 1. The number of anilines is 2. The minimum absolute atomic E-state index is 0.0237. The molecule has 3 N–H and O–H groups in total. The third-order valence-electron chi connectivity index (χ3n) is 4.76. The Morgan fingerprint density at radius 2 is 1.57 bits per heavy atom. The maximum Gasteiger partial charge on any atom is 0.490 e. The minimum atomic E-state index is -5.08. The lowest BCUT2D eigenvalue weighted by atomic mass is 10.0. The zero-order chi connectivity index (χ0) is 28.4. The normalized spacial score (nSPS) is 11.5. The van der Waals surface area contributed by atoms with Crippen LogP contribution < -0.4 is 9.62 Å². The van der Waals surface area contributed by atoms with Gasteiger partial charge in [-0.25, -0.2) is 23.0 Å². The van der Waals surface area contributed by atoms with Gasteiger partial charge in [-0.15, -0.1) is 0 Å². The van der Waals surface area contributed by atoms with Crippen molar-refractivity contribution >= 4 is 33.5 Å². The highest BCUT2D eigenvalue weighted by Crippen LogP contribution is 2.24. The molecule has 1 heterocycles. The topological polar surface area (TPSA) is 137 Å².